The zero-order valence-corrected chi connectivity index (χ0v) is 16.4. The monoisotopic (exact) mass is 478 g/mol. The van der Waals surface area contributed by atoms with Gasteiger partial charge in [-0.15, -0.1) is 0 Å². The number of hydrogen-bond acceptors (Lipinski definition) is 6. The van der Waals surface area contributed by atoms with E-state index in [1.807, 2.05) is 0 Å². The summed E-state index contributed by atoms with van der Waals surface area (Å²) in [6.07, 6.45) is 0. The number of nitrogens with zero attached hydrogens (tertiary/aromatic N) is 2. The van der Waals surface area contributed by atoms with E-state index in [2.05, 4.69) is 20.8 Å². The summed E-state index contributed by atoms with van der Waals surface area (Å²) >= 11 is 35.4. The second-order valence-electron chi connectivity index (χ2n) is 4.37. The molecular weight excluding hydrogens is 477 g/mol. The minimum Gasteiger partial charge on any atom is -0.476 e. The Morgan fingerprint density at radius 2 is 0.962 bits per heavy atom. The smallest absolute Gasteiger partial charge is 0.356 e. The molecule has 0 aliphatic carbocycles. The first-order chi connectivity index (χ1) is 12.1. The van der Waals surface area contributed by atoms with Crippen molar-refractivity contribution in [2.24, 2.45) is 0 Å². The molecule has 0 aliphatic heterocycles. The second kappa shape index (κ2) is 8.08. The summed E-state index contributed by atoms with van der Waals surface area (Å²) in [6, 6.07) is 0. The molecule has 0 bridgehead atoms. The highest BCUT2D eigenvalue weighted by Gasteiger charge is 2.23. The van der Waals surface area contributed by atoms with Crippen molar-refractivity contribution in [3.8, 4) is 0 Å². The lowest BCUT2D eigenvalue weighted by atomic mass is 10.3. The van der Waals surface area contributed by atoms with E-state index in [0.717, 1.165) is 0 Å². The molecule has 0 saturated heterocycles. The molecule has 0 fully saturated rings. The van der Waals surface area contributed by atoms with E-state index in [0.29, 0.717) is 0 Å². The normalized spacial score (nSPS) is 10.5. The van der Waals surface area contributed by atoms with Gasteiger partial charge in [-0.25, -0.2) is 19.6 Å². The number of anilines is 2. The molecular formula is C12H4Cl6N4O4. The largest absolute Gasteiger partial charge is 0.476 e. The molecule has 0 unspecified atom stereocenters. The van der Waals surface area contributed by atoms with E-state index in [1.165, 1.54) is 0 Å². The van der Waals surface area contributed by atoms with Gasteiger partial charge < -0.3 is 10.2 Å². The first-order valence-electron chi connectivity index (χ1n) is 6.13. The molecule has 138 valence electrons. The number of nitrogens with one attached hydrogen (secondary N) is 2. The van der Waals surface area contributed by atoms with E-state index in [1.54, 1.807) is 0 Å². The van der Waals surface area contributed by atoms with Crippen molar-refractivity contribution >= 4 is 92.9 Å². The third-order valence-electron chi connectivity index (χ3n) is 2.79. The molecule has 2 heterocycles. The Balaban J connectivity index is 2.51. The number of aromatic carboxylic acids is 2. The standard InChI is InChI=1S/C12H4Cl6N4O4/c13-1-5(3(15)9(17)19-7(1)11(23)24)21-22-6-2(14)8(12(25)26)20-10(18)4(6)16/h(H,19,21)(H,20,22)(H,23,24)(H,25,26). The number of carboxylic acids is 2. The van der Waals surface area contributed by atoms with Crippen LogP contribution in [0.1, 0.15) is 21.0 Å². The van der Waals surface area contributed by atoms with Crippen molar-refractivity contribution in [2.45, 2.75) is 0 Å². The van der Waals surface area contributed by atoms with Crippen molar-refractivity contribution in [3.63, 3.8) is 0 Å². The Labute approximate surface area is 174 Å². The highest BCUT2D eigenvalue weighted by atomic mass is 35.5. The Morgan fingerprint density at radius 1 is 0.654 bits per heavy atom. The third-order valence-corrected chi connectivity index (χ3v) is 5.01. The van der Waals surface area contributed by atoms with Crippen molar-refractivity contribution in [3.05, 3.63) is 41.8 Å². The van der Waals surface area contributed by atoms with Crippen LogP contribution in [0.5, 0.6) is 0 Å². The minimum atomic E-state index is -1.45. The zero-order chi connectivity index (χ0) is 19.8. The maximum atomic E-state index is 11.2. The maximum absolute atomic E-state index is 11.2. The SMILES string of the molecule is O=C(O)c1nc(Cl)c(Cl)c(NNc2c(Cl)c(Cl)nc(C(=O)O)c2Cl)c1Cl. The van der Waals surface area contributed by atoms with Gasteiger partial charge in [-0.3, -0.25) is 10.9 Å². The van der Waals surface area contributed by atoms with Crippen molar-refractivity contribution in [2.75, 3.05) is 10.9 Å². The molecule has 14 heteroatoms. The highest BCUT2D eigenvalue weighted by Crippen LogP contribution is 2.40. The average molecular weight is 481 g/mol. The van der Waals surface area contributed by atoms with E-state index in [9.17, 15) is 9.59 Å². The van der Waals surface area contributed by atoms with Gasteiger partial charge in [0, 0.05) is 0 Å². The number of hydrogen-bond donors (Lipinski definition) is 4. The Hall–Kier alpha value is -1.42. The molecule has 0 radical (unpaired) electrons. The molecule has 0 amide bonds. The van der Waals surface area contributed by atoms with E-state index >= 15 is 0 Å². The van der Waals surface area contributed by atoms with E-state index in [4.69, 9.17) is 79.8 Å². The average Bonchev–Trinajstić information content (AvgIpc) is 2.56. The lowest BCUT2D eigenvalue weighted by molar-refractivity contribution is 0.0680. The summed E-state index contributed by atoms with van der Waals surface area (Å²) in [7, 11) is 0. The molecule has 0 aromatic carbocycles. The van der Waals surface area contributed by atoms with Crippen LogP contribution in [-0.4, -0.2) is 32.1 Å². The molecule has 0 atom stereocenters. The number of carbonyl (C=O) groups is 2. The van der Waals surface area contributed by atoms with Gasteiger partial charge in [0.1, 0.15) is 20.1 Å². The van der Waals surface area contributed by atoms with Gasteiger partial charge in [0.2, 0.25) is 0 Å². The van der Waals surface area contributed by atoms with Crippen molar-refractivity contribution in [1.82, 2.24) is 9.97 Å². The second-order valence-corrected chi connectivity index (χ2v) is 6.60. The first kappa shape index (κ1) is 20.9. The molecule has 2 aromatic rings. The van der Waals surface area contributed by atoms with Crippen LogP contribution in [0.2, 0.25) is 30.4 Å². The summed E-state index contributed by atoms with van der Waals surface area (Å²) in [6.45, 7) is 0. The van der Waals surface area contributed by atoms with E-state index in [-0.39, 0.29) is 41.8 Å². The fourth-order valence-corrected chi connectivity index (χ4v) is 3.01. The van der Waals surface area contributed by atoms with Crippen LogP contribution in [0.4, 0.5) is 11.4 Å². The van der Waals surface area contributed by atoms with Crippen molar-refractivity contribution in [1.29, 1.82) is 0 Å². The topological polar surface area (TPSA) is 124 Å². The Morgan fingerprint density at radius 3 is 1.23 bits per heavy atom. The van der Waals surface area contributed by atoms with Crippen LogP contribution >= 0.6 is 69.6 Å². The highest BCUT2D eigenvalue weighted by molar-refractivity contribution is 6.47. The van der Waals surface area contributed by atoms with Gasteiger partial charge in [0.15, 0.2) is 21.7 Å². The van der Waals surface area contributed by atoms with Gasteiger partial charge in [0.05, 0.1) is 11.4 Å². The van der Waals surface area contributed by atoms with Gasteiger partial charge in [0.25, 0.3) is 0 Å². The summed E-state index contributed by atoms with van der Waals surface area (Å²) in [4.78, 5) is 29.4. The van der Waals surface area contributed by atoms with Crippen LogP contribution in [-0.2, 0) is 0 Å². The third kappa shape index (κ3) is 3.95. The molecule has 4 N–H and O–H groups in total. The van der Waals surface area contributed by atoms with E-state index < -0.39 is 23.3 Å². The lowest BCUT2D eigenvalue weighted by Crippen LogP contribution is -2.15. The Kier molecular flexibility index (Phi) is 6.49. The van der Waals surface area contributed by atoms with Gasteiger partial charge in [-0.2, -0.15) is 0 Å². The maximum Gasteiger partial charge on any atom is 0.356 e. The number of hydrazine groups is 1. The summed E-state index contributed by atoms with van der Waals surface area (Å²) in [5, 5.41) is 16.3. The van der Waals surface area contributed by atoms with Crippen LogP contribution in [0, 0.1) is 0 Å². The molecule has 8 nitrogen and oxygen atoms in total. The van der Waals surface area contributed by atoms with Crippen LogP contribution in [0.3, 0.4) is 0 Å². The predicted molar refractivity (Wildman–Crippen MR) is 99.7 cm³/mol. The summed E-state index contributed by atoms with van der Waals surface area (Å²) in [5.74, 6) is -2.90. The molecule has 26 heavy (non-hydrogen) atoms. The minimum absolute atomic E-state index is 0.164. The predicted octanol–water partition coefficient (Wildman–Crippen LogP) is 5.23. The Bertz CT molecular complexity index is 863. The fraction of sp³-hybridized carbons (Fsp3) is 0. The summed E-state index contributed by atoms with van der Waals surface area (Å²) < 4.78 is 0. The number of carboxylic acid groups (broad SMARTS) is 2. The number of rotatable bonds is 5. The van der Waals surface area contributed by atoms with Crippen molar-refractivity contribution < 1.29 is 19.8 Å². The van der Waals surface area contributed by atoms with Crippen LogP contribution in [0.15, 0.2) is 0 Å². The van der Waals surface area contributed by atoms with Gasteiger partial charge >= 0.3 is 11.9 Å². The van der Waals surface area contributed by atoms with Crippen LogP contribution in [0.25, 0.3) is 0 Å². The lowest BCUT2D eigenvalue weighted by Gasteiger charge is -2.17. The summed E-state index contributed by atoms with van der Waals surface area (Å²) in [5.41, 5.74) is 3.45. The molecule has 2 rings (SSSR count). The fourth-order valence-electron chi connectivity index (χ4n) is 1.66. The number of pyridine rings is 2. The van der Waals surface area contributed by atoms with Gasteiger partial charge in [-0.1, -0.05) is 69.6 Å². The number of halogens is 6. The van der Waals surface area contributed by atoms with Gasteiger partial charge in [-0.05, 0) is 0 Å². The first-order valence-corrected chi connectivity index (χ1v) is 8.40. The molecule has 0 saturated carbocycles. The molecule has 2 aromatic heterocycles. The number of aromatic nitrogens is 2. The zero-order valence-electron chi connectivity index (χ0n) is 11.9. The van der Waals surface area contributed by atoms with Crippen LogP contribution < -0.4 is 10.9 Å². The molecule has 0 aliphatic rings. The quantitative estimate of drug-likeness (QED) is 0.338. The molecule has 0 spiro atoms.